The molecule has 0 aliphatic carbocycles. The predicted octanol–water partition coefficient (Wildman–Crippen LogP) is 2.04. The number of aryl methyl sites for hydroxylation is 1. The fourth-order valence-electron chi connectivity index (χ4n) is 3.19. The molecule has 0 fully saturated rings. The summed E-state index contributed by atoms with van der Waals surface area (Å²) in [4.78, 5) is 4.60. The fourth-order valence-corrected chi connectivity index (χ4v) is 3.85. The number of fused-ring (bicyclic) bond motifs is 1. The first kappa shape index (κ1) is 17.5. The number of rotatable bonds is 8. The predicted molar refractivity (Wildman–Crippen MR) is 96.2 cm³/mol. The molecular weight excluding hydrogens is 322 g/mol. The van der Waals surface area contributed by atoms with Crippen LogP contribution < -0.4 is 0 Å². The molecule has 3 rings (SSSR count). The first-order chi connectivity index (χ1) is 11.7. The lowest BCUT2D eigenvalue weighted by atomic mass is 9.98. The highest BCUT2D eigenvalue weighted by atomic mass is 32.1. The number of hydrogen-bond acceptors (Lipinski definition) is 6. The summed E-state index contributed by atoms with van der Waals surface area (Å²) in [6, 6.07) is 2.20. The SMILES string of the molecule is CCn1nnc2c1[C@@H](COCCN(C)C)CN(Cc1ccsc1)C2. The van der Waals surface area contributed by atoms with E-state index in [2.05, 4.69) is 58.0 Å². The quantitative estimate of drug-likeness (QED) is 0.683. The highest BCUT2D eigenvalue weighted by molar-refractivity contribution is 7.07. The van der Waals surface area contributed by atoms with E-state index in [9.17, 15) is 0 Å². The first-order valence-corrected chi connectivity index (χ1v) is 9.49. The van der Waals surface area contributed by atoms with Crippen molar-refractivity contribution in [2.45, 2.75) is 32.5 Å². The zero-order chi connectivity index (χ0) is 16.9. The molecule has 7 heteroatoms. The van der Waals surface area contributed by atoms with Gasteiger partial charge in [-0.25, -0.2) is 4.68 Å². The van der Waals surface area contributed by atoms with Gasteiger partial charge in [-0.05, 0) is 43.4 Å². The summed E-state index contributed by atoms with van der Waals surface area (Å²) < 4.78 is 8.00. The van der Waals surface area contributed by atoms with Gasteiger partial charge in [-0.15, -0.1) is 5.10 Å². The Kier molecular flexibility index (Phi) is 5.99. The maximum Gasteiger partial charge on any atom is 0.100 e. The van der Waals surface area contributed by atoms with Gasteiger partial charge in [0.25, 0.3) is 0 Å². The van der Waals surface area contributed by atoms with Crippen LogP contribution in [0.3, 0.4) is 0 Å². The smallest absolute Gasteiger partial charge is 0.100 e. The molecule has 0 spiro atoms. The molecule has 0 radical (unpaired) electrons. The number of likely N-dealkylation sites (N-methyl/N-ethyl adjacent to an activating group) is 1. The summed E-state index contributed by atoms with van der Waals surface area (Å²) in [6.45, 7) is 8.26. The normalized spacial score (nSPS) is 18.2. The summed E-state index contributed by atoms with van der Waals surface area (Å²) in [5.74, 6) is 0.337. The Hall–Kier alpha value is -1.28. The van der Waals surface area contributed by atoms with E-state index in [1.54, 1.807) is 11.3 Å². The van der Waals surface area contributed by atoms with Crippen molar-refractivity contribution in [2.75, 3.05) is 40.4 Å². The molecule has 1 atom stereocenters. The van der Waals surface area contributed by atoms with E-state index in [1.807, 2.05) is 4.68 Å². The van der Waals surface area contributed by atoms with Crippen LogP contribution in [0.25, 0.3) is 0 Å². The average molecular weight is 350 g/mol. The lowest BCUT2D eigenvalue weighted by Crippen LogP contribution is -2.36. The van der Waals surface area contributed by atoms with Gasteiger partial charge in [-0.1, -0.05) is 5.21 Å². The van der Waals surface area contributed by atoms with Crippen LogP contribution in [0.1, 0.15) is 29.8 Å². The number of hydrogen-bond donors (Lipinski definition) is 0. The third-order valence-electron chi connectivity index (χ3n) is 4.37. The second-order valence-electron chi connectivity index (χ2n) is 6.61. The maximum atomic E-state index is 5.96. The van der Waals surface area contributed by atoms with E-state index in [4.69, 9.17) is 4.74 Å². The van der Waals surface area contributed by atoms with E-state index in [-0.39, 0.29) is 0 Å². The largest absolute Gasteiger partial charge is 0.379 e. The third-order valence-corrected chi connectivity index (χ3v) is 5.11. The molecule has 2 aromatic heterocycles. The van der Waals surface area contributed by atoms with Gasteiger partial charge < -0.3 is 9.64 Å². The highest BCUT2D eigenvalue weighted by Crippen LogP contribution is 2.28. The van der Waals surface area contributed by atoms with Crippen LogP contribution in [0.4, 0.5) is 0 Å². The Balaban J connectivity index is 1.68. The van der Waals surface area contributed by atoms with Crippen molar-refractivity contribution in [3.05, 3.63) is 33.8 Å². The number of thiophene rings is 1. The number of nitrogens with zero attached hydrogens (tertiary/aromatic N) is 5. The van der Waals surface area contributed by atoms with Crippen LogP contribution in [0.2, 0.25) is 0 Å². The maximum absolute atomic E-state index is 5.96. The van der Waals surface area contributed by atoms with Crippen molar-refractivity contribution in [3.63, 3.8) is 0 Å². The van der Waals surface area contributed by atoms with Gasteiger partial charge in [0.05, 0.1) is 18.9 Å². The molecule has 24 heavy (non-hydrogen) atoms. The molecule has 0 N–H and O–H groups in total. The van der Waals surface area contributed by atoms with Gasteiger partial charge in [0.1, 0.15) is 5.69 Å². The second kappa shape index (κ2) is 8.20. The third kappa shape index (κ3) is 4.22. The highest BCUT2D eigenvalue weighted by Gasteiger charge is 2.30. The average Bonchev–Trinajstić information content (AvgIpc) is 3.20. The molecule has 1 aliphatic rings. The molecule has 3 heterocycles. The van der Waals surface area contributed by atoms with E-state index >= 15 is 0 Å². The minimum Gasteiger partial charge on any atom is -0.379 e. The van der Waals surface area contributed by atoms with Crippen LogP contribution in [0, 0.1) is 0 Å². The van der Waals surface area contributed by atoms with Crippen LogP contribution in [-0.2, 0) is 24.4 Å². The Morgan fingerprint density at radius 2 is 2.29 bits per heavy atom. The Morgan fingerprint density at radius 3 is 3.00 bits per heavy atom. The molecule has 1 aliphatic heterocycles. The lowest BCUT2D eigenvalue weighted by Gasteiger charge is -2.32. The monoisotopic (exact) mass is 349 g/mol. The van der Waals surface area contributed by atoms with Gasteiger partial charge in [0.2, 0.25) is 0 Å². The van der Waals surface area contributed by atoms with Crippen molar-refractivity contribution in [1.29, 1.82) is 0 Å². The van der Waals surface area contributed by atoms with Crippen LogP contribution in [0.5, 0.6) is 0 Å². The van der Waals surface area contributed by atoms with Crippen molar-refractivity contribution in [3.8, 4) is 0 Å². The van der Waals surface area contributed by atoms with E-state index < -0.39 is 0 Å². The lowest BCUT2D eigenvalue weighted by molar-refractivity contribution is 0.0832. The topological polar surface area (TPSA) is 46.4 Å². The first-order valence-electron chi connectivity index (χ1n) is 8.55. The standard InChI is InChI=1S/C17H27N5OS/c1-4-22-17-15(12-23-7-6-20(2)3)10-21(11-16(17)18-19-22)9-14-5-8-24-13-14/h5,8,13,15H,4,6-7,9-12H2,1-3H3/t15-/m1/s1. The van der Waals surface area contributed by atoms with E-state index in [0.717, 1.165) is 51.6 Å². The van der Waals surface area contributed by atoms with Crippen LogP contribution >= 0.6 is 11.3 Å². The van der Waals surface area contributed by atoms with Gasteiger partial charge in [-0.2, -0.15) is 11.3 Å². The van der Waals surface area contributed by atoms with Gasteiger partial charge in [0.15, 0.2) is 0 Å². The number of aromatic nitrogens is 3. The molecule has 0 amide bonds. The molecule has 2 aromatic rings. The summed E-state index contributed by atoms with van der Waals surface area (Å²) in [5.41, 5.74) is 3.75. The van der Waals surface area contributed by atoms with Gasteiger partial charge in [0, 0.05) is 38.6 Å². The van der Waals surface area contributed by atoms with Crippen molar-refractivity contribution < 1.29 is 4.74 Å². The van der Waals surface area contributed by atoms with Crippen molar-refractivity contribution in [2.24, 2.45) is 0 Å². The molecule has 0 saturated heterocycles. The Labute approximate surface area is 148 Å². The summed E-state index contributed by atoms with van der Waals surface area (Å²) >= 11 is 1.75. The van der Waals surface area contributed by atoms with Gasteiger partial charge >= 0.3 is 0 Å². The Bertz CT molecular complexity index is 625. The minimum atomic E-state index is 0.337. The molecule has 0 aromatic carbocycles. The molecule has 6 nitrogen and oxygen atoms in total. The van der Waals surface area contributed by atoms with E-state index in [1.165, 1.54) is 11.3 Å². The zero-order valence-electron chi connectivity index (χ0n) is 14.8. The second-order valence-corrected chi connectivity index (χ2v) is 7.39. The van der Waals surface area contributed by atoms with Crippen LogP contribution in [0.15, 0.2) is 16.8 Å². The van der Waals surface area contributed by atoms with E-state index in [0.29, 0.717) is 5.92 Å². The van der Waals surface area contributed by atoms with Crippen molar-refractivity contribution in [1.82, 2.24) is 24.8 Å². The number of ether oxygens (including phenoxy) is 1. The zero-order valence-corrected chi connectivity index (χ0v) is 15.6. The molecule has 132 valence electrons. The molecule has 0 bridgehead atoms. The summed E-state index contributed by atoms with van der Waals surface area (Å²) in [7, 11) is 4.14. The minimum absolute atomic E-state index is 0.337. The molecule has 0 saturated carbocycles. The Morgan fingerprint density at radius 1 is 1.42 bits per heavy atom. The van der Waals surface area contributed by atoms with Crippen LogP contribution in [-0.4, -0.2) is 65.2 Å². The summed E-state index contributed by atoms with van der Waals surface area (Å²) in [5, 5.41) is 13.1. The van der Waals surface area contributed by atoms with Gasteiger partial charge in [-0.3, -0.25) is 4.90 Å². The van der Waals surface area contributed by atoms with Crippen molar-refractivity contribution >= 4 is 11.3 Å². The summed E-state index contributed by atoms with van der Waals surface area (Å²) in [6.07, 6.45) is 0. The fraction of sp³-hybridized carbons (Fsp3) is 0.647. The molecule has 0 unspecified atom stereocenters. The molecular formula is C17H27N5OS.